The summed E-state index contributed by atoms with van der Waals surface area (Å²) in [5.74, 6) is 0. The van der Waals surface area contributed by atoms with Gasteiger partial charge in [-0.1, -0.05) is 25.5 Å². The molecule has 0 saturated heterocycles. The van der Waals surface area contributed by atoms with E-state index in [0.717, 1.165) is 40.4 Å². The predicted molar refractivity (Wildman–Crippen MR) is 91.4 cm³/mol. The first kappa shape index (κ1) is 18.2. The second-order valence-corrected chi connectivity index (χ2v) is 5.99. The van der Waals surface area contributed by atoms with Crippen LogP contribution in [0.3, 0.4) is 0 Å². The van der Waals surface area contributed by atoms with Gasteiger partial charge in [0.15, 0.2) is 0 Å². The van der Waals surface area contributed by atoms with Gasteiger partial charge in [-0.15, -0.1) is 11.3 Å². The number of hydrogen-bond donors (Lipinski definition) is 0. The largest absolute Gasteiger partial charge is 1.00 e. The van der Waals surface area contributed by atoms with Gasteiger partial charge in [0.25, 0.3) is 5.69 Å². The number of thiazole rings is 1. The van der Waals surface area contributed by atoms with Gasteiger partial charge in [0.1, 0.15) is 5.01 Å². The summed E-state index contributed by atoms with van der Waals surface area (Å²) in [5.41, 5.74) is 3.67. The molecule has 2 heterocycles. The number of halogens is 1. The lowest BCUT2D eigenvalue weighted by molar-refractivity contribution is -0.384. The first-order valence-electron chi connectivity index (χ1n) is 7.33. The van der Waals surface area contributed by atoms with Crippen LogP contribution in [0, 0.1) is 10.1 Å². The van der Waals surface area contributed by atoms with Gasteiger partial charge >= 0.3 is 0 Å². The summed E-state index contributed by atoms with van der Waals surface area (Å²) in [4.78, 5) is 19.5. The molecule has 0 unspecified atom stereocenters. The van der Waals surface area contributed by atoms with Crippen molar-refractivity contribution in [2.75, 3.05) is 0 Å². The number of rotatable bonds is 5. The van der Waals surface area contributed by atoms with E-state index in [9.17, 15) is 10.1 Å². The Morgan fingerprint density at radius 2 is 2.04 bits per heavy atom. The van der Waals surface area contributed by atoms with Crippen molar-refractivity contribution in [2.45, 2.75) is 19.8 Å². The second kappa shape index (κ2) is 8.12. The standard InChI is InChI=1S/C17H15N3O2S.BrH/c1-2-4-14-9-13(7-8-18-14)17-19-16(11-23-17)12-5-3-6-15(10-12)20(21)22;/h3,5-11H,2,4H2,1H3;1H/p-1. The van der Waals surface area contributed by atoms with Gasteiger partial charge in [-0.25, -0.2) is 4.98 Å². The van der Waals surface area contributed by atoms with E-state index in [1.54, 1.807) is 18.3 Å². The van der Waals surface area contributed by atoms with Crippen molar-refractivity contribution in [3.05, 3.63) is 63.8 Å². The molecule has 0 aliphatic heterocycles. The normalized spacial score (nSPS) is 10.2. The van der Waals surface area contributed by atoms with Crippen molar-refractivity contribution in [1.29, 1.82) is 0 Å². The van der Waals surface area contributed by atoms with Crippen molar-refractivity contribution in [3.8, 4) is 21.8 Å². The lowest BCUT2D eigenvalue weighted by Crippen LogP contribution is -3.00. The van der Waals surface area contributed by atoms with Gasteiger partial charge in [-0.05, 0) is 18.6 Å². The second-order valence-electron chi connectivity index (χ2n) is 5.13. The highest BCUT2D eigenvalue weighted by atomic mass is 79.9. The van der Waals surface area contributed by atoms with Crippen LogP contribution in [-0.4, -0.2) is 14.9 Å². The van der Waals surface area contributed by atoms with Crippen molar-refractivity contribution in [3.63, 3.8) is 0 Å². The molecule has 3 rings (SSSR count). The minimum absolute atomic E-state index is 0. The first-order valence-corrected chi connectivity index (χ1v) is 8.21. The third-order valence-corrected chi connectivity index (χ3v) is 4.32. The molecule has 3 aromatic rings. The Balaban J connectivity index is 0.00000208. The highest BCUT2D eigenvalue weighted by molar-refractivity contribution is 7.13. The van der Waals surface area contributed by atoms with E-state index in [-0.39, 0.29) is 22.7 Å². The highest BCUT2D eigenvalue weighted by Gasteiger charge is 2.11. The third kappa shape index (κ3) is 4.04. The van der Waals surface area contributed by atoms with Crippen LogP contribution in [0.15, 0.2) is 48.0 Å². The van der Waals surface area contributed by atoms with Gasteiger partial charge in [0.2, 0.25) is 0 Å². The molecule has 0 radical (unpaired) electrons. The minimum Gasteiger partial charge on any atom is -1.00 e. The van der Waals surface area contributed by atoms with Crippen LogP contribution in [-0.2, 0) is 6.42 Å². The summed E-state index contributed by atoms with van der Waals surface area (Å²) in [6.45, 7) is 2.12. The first-order chi connectivity index (χ1) is 11.2. The van der Waals surface area contributed by atoms with Crippen molar-refractivity contribution in [2.24, 2.45) is 0 Å². The molecule has 0 bridgehead atoms. The molecule has 24 heavy (non-hydrogen) atoms. The summed E-state index contributed by atoms with van der Waals surface area (Å²) in [7, 11) is 0. The quantitative estimate of drug-likeness (QED) is 0.479. The summed E-state index contributed by atoms with van der Waals surface area (Å²) in [6.07, 6.45) is 3.79. The number of hydrogen-bond acceptors (Lipinski definition) is 5. The number of aromatic nitrogens is 2. The lowest BCUT2D eigenvalue weighted by Gasteiger charge is -2.01. The van der Waals surface area contributed by atoms with Crippen LogP contribution in [0.1, 0.15) is 19.0 Å². The Hall–Kier alpha value is -2.12. The molecular weight excluding hydrogens is 390 g/mol. The average Bonchev–Trinajstić information content (AvgIpc) is 3.06. The van der Waals surface area contributed by atoms with Crippen LogP contribution >= 0.6 is 11.3 Å². The fourth-order valence-corrected chi connectivity index (χ4v) is 3.15. The van der Waals surface area contributed by atoms with Crippen LogP contribution in [0.2, 0.25) is 0 Å². The highest BCUT2D eigenvalue weighted by Crippen LogP contribution is 2.30. The van der Waals surface area contributed by atoms with E-state index in [0.29, 0.717) is 0 Å². The molecule has 0 aliphatic rings. The maximum absolute atomic E-state index is 10.9. The zero-order valence-corrected chi connectivity index (χ0v) is 15.4. The van der Waals surface area contributed by atoms with E-state index in [1.807, 2.05) is 17.5 Å². The number of nitro groups is 1. The number of nitro benzene ring substituents is 1. The summed E-state index contributed by atoms with van der Waals surface area (Å²) in [5, 5.41) is 13.7. The molecule has 0 N–H and O–H groups in total. The monoisotopic (exact) mass is 404 g/mol. The predicted octanol–water partition coefficient (Wildman–Crippen LogP) is 1.74. The molecule has 0 amide bonds. The Morgan fingerprint density at radius 1 is 1.21 bits per heavy atom. The van der Waals surface area contributed by atoms with Crippen LogP contribution in [0.5, 0.6) is 0 Å². The van der Waals surface area contributed by atoms with Gasteiger partial charge in [0, 0.05) is 40.5 Å². The zero-order chi connectivity index (χ0) is 16.2. The molecule has 0 spiro atoms. The van der Waals surface area contributed by atoms with E-state index in [4.69, 9.17) is 0 Å². The van der Waals surface area contributed by atoms with Crippen LogP contribution in [0.4, 0.5) is 5.69 Å². The number of benzene rings is 1. The molecule has 0 aliphatic carbocycles. The van der Waals surface area contributed by atoms with Crippen molar-refractivity contribution >= 4 is 17.0 Å². The molecular formula is C17H15BrN3O2S-. The fourth-order valence-electron chi connectivity index (χ4n) is 2.32. The molecule has 0 fully saturated rings. The summed E-state index contributed by atoms with van der Waals surface area (Å²) in [6, 6.07) is 10.5. The van der Waals surface area contributed by atoms with E-state index in [2.05, 4.69) is 23.0 Å². The number of nitrogens with zero attached hydrogens (tertiary/aromatic N) is 3. The molecule has 2 aromatic heterocycles. The van der Waals surface area contributed by atoms with Gasteiger partial charge in [-0.3, -0.25) is 15.1 Å². The van der Waals surface area contributed by atoms with Crippen molar-refractivity contribution in [1.82, 2.24) is 9.97 Å². The van der Waals surface area contributed by atoms with E-state index in [1.165, 1.54) is 17.4 Å². The average molecular weight is 405 g/mol. The Morgan fingerprint density at radius 3 is 2.79 bits per heavy atom. The lowest BCUT2D eigenvalue weighted by atomic mass is 10.1. The van der Waals surface area contributed by atoms with E-state index < -0.39 is 4.92 Å². The number of pyridine rings is 1. The maximum atomic E-state index is 10.9. The smallest absolute Gasteiger partial charge is 0.270 e. The van der Waals surface area contributed by atoms with Crippen molar-refractivity contribution < 1.29 is 21.9 Å². The molecule has 0 atom stereocenters. The van der Waals surface area contributed by atoms with E-state index >= 15 is 0 Å². The summed E-state index contributed by atoms with van der Waals surface area (Å²) < 4.78 is 0. The Labute approximate surface area is 154 Å². The Bertz CT molecular complexity index is 851. The topological polar surface area (TPSA) is 68.9 Å². The fraction of sp³-hybridized carbons (Fsp3) is 0.176. The molecule has 124 valence electrons. The Kier molecular flexibility index (Phi) is 6.16. The number of aryl methyl sites for hydroxylation is 1. The zero-order valence-electron chi connectivity index (χ0n) is 13.0. The molecule has 7 heteroatoms. The number of non-ortho nitro benzene ring substituents is 1. The maximum Gasteiger partial charge on any atom is 0.270 e. The molecule has 1 aromatic carbocycles. The van der Waals surface area contributed by atoms with Gasteiger partial charge in [-0.2, -0.15) is 0 Å². The van der Waals surface area contributed by atoms with Gasteiger partial charge < -0.3 is 17.0 Å². The SMILES string of the molecule is CCCc1cc(-c2nc(-c3cccc([N+](=O)[O-])c3)cs2)ccn1.[Br-]. The summed E-state index contributed by atoms with van der Waals surface area (Å²) >= 11 is 1.53. The van der Waals surface area contributed by atoms with Crippen LogP contribution in [0.25, 0.3) is 21.8 Å². The molecule has 0 saturated carbocycles. The minimum atomic E-state index is -0.392. The van der Waals surface area contributed by atoms with Crippen LogP contribution < -0.4 is 17.0 Å². The molecule has 5 nitrogen and oxygen atoms in total. The third-order valence-electron chi connectivity index (χ3n) is 3.43. The van der Waals surface area contributed by atoms with Gasteiger partial charge in [0.05, 0.1) is 10.6 Å².